The Morgan fingerprint density at radius 3 is 2.38 bits per heavy atom. The third-order valence-electron chi connectivity index (χ3n) is 5.59. The number of hydrogen-bond donors (Lipinski definition) is 2. The molecule has 5 rings (SSSR count). The molecule has 0 spiro atoms. The highest BCUT2D eigenvalue weighted by Crippen LogP contribution is 2.26. The van der Waals surface area contributed by atoms with Crippen LogP contribution in [-0.4, -0.2) is 44.7 Å². The van der Waals surface area contributed by atoms with Crippen LogP contribution in [0.3, 0.4) is 0 Å². The van der Waals surface area contributed by atoms with Gasteiger partial charge in [0.2, 0.25) is 5.95 Å². The van der Waals surface area contributed by atoms with Crippen LogP contribution in [0, 0.1) is 6.92 Å². The van der Waals surface area contributed by atoms with Gasteiger partial charge < -0.3 is 15.0 Å². The van der Waals surface area contributed by atoms with Crippen molar-refractivity contribution in [2.75, 3.05) is 41.2 Å². The SMILES string of the molecule is Cc1cc(Nc2ccc(NS(=O)(=O)c3cccc4ccccc34)cc2)nc(N2CCOCC2)n1. The monoisotopic (exact) mass is 475 g/mol. The van der Waals surface area contributed by atoms with Crippen molar-refractivity contribution in [3.8, 4) is 0 Å². The van der Waals surface area contributed by atoms with Crippen molar-refractivity contribution in [2.45, 2.75) is 11.8 Å². The molecule has 4 aromatic rings. The number of nitrogens with one attached hydrogen (secondary N) is 2. The average Bonchev–Trinajstić information content (AvgIpc) is 2.85. The first kappa shape index (κ1) is 22.1. The maximum absolute atomic E-state index is 13.1. The molecule has 0 aliphatic carbocycles. The van der Waals surface area contributed by atoms with E-state index in [-0.39, 0.29) is 4.90 Å². The molecule has 174 valence electrons. The predicted octanol–water partition coefficient (Wildman–Crippen LogP) is 4.32. The molecule has 1 aliphatic rings. The van der Waals surface area contributed by atoms with Gasteiger partial charge in [-0.25, -0.2) is 13.4 Å². The van der Waals surface area contributed by atoms with Gasteiger partial charge in [-0.1, -0.05) is 36.4 Å². The lowest BCUT2D eigenvalue weighted by Gasteiger charge is -2.27. The van der Waals surface area contributed by atoms with Crippen LogP contribution < -0.4 is 14.9 Å². The Morgan fingerprint density at radius 1 is 0.882 bits per heavy atom. The molecule has 34 heavy (non-hydrogen) atoms. The molecular weight excluding hydrogens is 450 g/mol. The largest absolute Gasteiger partial charge is 0.378 e. The minimum atomic E-state index is -3.74. The molecule has 0 bridgehead atoms. The minimum Gasteiger partial charge on any atom is -0.378 e. The van der Waals surface area contributed by atoms with Crippen LogP contribution in [-0.2, 0) is 14.8 Å². The van der Waals surface area contributed by atoms with E-state index in [2.05, 4.69) is 24.9 Å². The van der Waals surface area contributed by atoms with Gasteiger partial charge in [0.05, 0.1) is 18.1 Å². The second-order valence-electron chi connectivity index (χ2n) is 8.08. The van der Waals surface area contributed by atoms with Crippen molar-refractivity contribution >= 4 is 43.9 Å². The zero-order chi connectivity index (χ0) is 23.5. The first-order chi connectivity index (χ1) is 16.5. The third-order valence-corrected chi connectivity index (χ3v) is 7.02. The molecule has 0 amide bonds. The maximum Gasteiger partial charge on any atom is 0.262 e. The first-order valence-electron chi connectivity index (χ1n) is 11.0. The summed E-state index contributed by atoms with van der Waals surface area (Å²) >= 11 is 0. The van der Waals surface area contributed by atoms with Crippen LogP contribution >= 0.6 is 0 Å². The van der Waals surface area contributed by atoms with E-state index in [4.69, 9.17) is 4.74 Å². The summed E-state index contributed by atoms with van der Waals surface area (Å²) in [6.07, 6.45) is 0. The Hall–Kier alpha value is -3.69. The minimum absolute atomic E-state index is 0.250. The molecule has 3 aromatic carbocycles. The summed E-state index contributed by atoms with van der Waals surface area (Å²) in [5.74, 6) is 1.35. The van der Waals surface area contributed by atoms with Gasteiger partial charge in [0, 0.05) is 41.6 Å². The van der Waals surface area contributed by atoms with E-state index in [0.29, 0.717) is 36.1 Å². The Bertz CT molecular complexity index is 1410. The fraction of sp³-hybridized carbons (Fsp3) is 0.200. The van der Waals surface area contributed by atoms with Crippen LogP contribution in [0.25, 0.3) is 10.8 Å². The molecule has 1 aliphatic heterocycles. The van der Waals surface area contributed by atoms with E-state index < -0.39 is 10.0 Å². The molecule has 0 unspecified atom stereocenters. The van der Waals surface area contributed by atoms with Gasteiger partial charge in [0.25, 0.3) is 10.0 Å². The zero-order valence-electron chi connectivity index (χ0n) is 18.7. The Balaban J connectivity index is 1.33. The van der Waals surface area contributed by atoms with Crippen molar-refractivity contribution in [3.63, 3.8) is 0 Å². The Labute approximate surface area is 198 Å². The Morgan fingerprint density at radius 2 is 1.59 bits per heavy atom. The summed E-state index contributed by atoms with van der Waals surface area (Å²) in [6, 6.07) is 21.6. The first-order valence-corrected chi connectivity index (χ1v) is 12.5. The molecule has 9 heteroatoms. The van der Waals surface area contributed by atoms with Crippen molar-refractivity contribution in [1.82, 2.24) is 9.97 Å². The maximum atomic E-state index is 13.1. The number of aromatic nitrogens is 2. The molecule has 2 heterocycles. The van der Waals surface area contributed by atoms with Gasteiger partial charge in [0.15, 0.2) is 0 Å². The second-order valence-corrected chi connectivity index (χ2v) is 9.73. The fourth-order valence-corrected chi connectivity index (χ4v) is 5.22. The molecule has 1 saturated heterocycles. The van der Waals surface area contributed by atoms with Gasteiger partial charge in [-0.2, -0.15) is 4.98 Å². The van der Waals surface area contributed by atoms with Gasteiger partial charge in [-0.3, -0.25) is 4.72 Å². The number of aryl methyl sites for hydroxylation is 1. The average molecular weight is 476 g/mol. The van der Waals surface area contributed by atoms with Gasteiger partial charge in [-0.05, 0) is 42.6 Å². The number of ether oxygens (including phenoxy) is 1. The molecule has 1 aromatic heterocycles. The summed E-state index contributed by atoms with van der Waals surface area (Å²) in [6.45, 7) is 4.78. The van der Waals surface area contributed by atoms with Crippen molar-refractivity contribution in [1.29, 1.82) is 0 Å². The number of anilines is 4. The fourth-order valence-electron chi connectivity index (χ4n) is 3.93. The topological polar surface area (TPSA) is 96.5 Å². The molecule has 0 atom stereocenters. The van der Waals surface area contributed by atoms with Crippen molar-refractivity contribution in [2.24, 2.45) is 0 Å². The van der Waals surface area contributed by atoms with Crippen LogP contribution in [0.2, 0.25) is 0 Å². The zero-order valence-corrected chi connectivity index (χ0v) is 19.5. The molecule has 8 nitrogen and oxygen atoms in total. The van der Waals surface area contributed by atoms with Crippen LogP contribution in [0.1, 0.15) is 5.69 Å². The quantitative estimate of drug-likeness (QED) is 0.429. The molecule has 0 saturated carbocycles. The highest BCUT2D eigenvalue weighted by molar-refractivity contribution is 7.93. The summed E-state index contributed by atoms with van der Waals surface area (Å²) in [4.78, 5) is 11.5. The van der Waals surface area contributed by atoms with Gasteiger partial charge in [0.1, 0.15) is 5.82 Å². The van der Waals surface area contributed by atoms with E-state index in [1.807, 2.05) is 55.5 Å². The second kappa shape index (κ2) is 9.28. The van der Waals surface area contributed by atoms with E-state index in [0.717, 1.165) is 29.9 Å². The predicted molar refractivity (Wildman–Crippen MR) is 134 cm³/mol. The van der Waals surface area contributed by atoms with E-state index >= 15 is 0 Å². The number of morpholine rings is 1. The Kier molecular flexibility index (Phi) is 6.04. The molecular formula is C25H25N5O3S. The summed E-state index contributed by atoms with van der Waals surface area (Å²) in [7, 11) is -3.74. The number of nitrogens with zero attached hydrogens (tertiary/aromatic N) is 3. The van der Waals surface area contributed by atoms with E-state index in [9.17, 15) is 8.42 Å². The van der Waals surface area contributed by atoms with E-state index in [1.54, 1.807) is 24.3 Å². The molecule has 0 radical (unpaired) electrons. The van der Waals surface area contributed by atoms with Gasteiger partial charge in [-0.15, -0.1) is 0 Å². The number of sulfonamides is 1. The molecule has 1 fully saturated rings. The highest BCUT2D eigenvalue weighted by Gasteiger charge is 2.18. The third kappa shape index (κ3) is 4.80. The summed E-state index contributed by atoms with van der Waals surface area (Å²) in [5, 5.41) is 4.85. The smallest absolute Gasteiger partial charge is 0.262 e. The standard InChI is InChI=1S/C25H25N5O3S/c1-18-17-24(28-25(26-18)30-13-15-33-16-14-30)27-20-9-11-21(12-10-20)29-34(31,32)23-8-4-6-19-5-2-3-7-22(19)23/h2-12,17,29H,13-16H2,1H3,(H,26,27,28). The normalized spacial score (nSPS) is 14.2. The van der Waals surface area contributed by atoms with Crippen LogP contribution in [0.4, 0.5) is 23.1 Å². The lowest BCUT2D eigenvalue weighted by Crippen LogP contribution is -2.37. The lowest BCUT2D eigenvalue weighted by molar-refractivity contribution is 0.122. The van der Waals surface area contributed by atoms with E-state index in [1.165, 1.54) is 0 Å². The highest BCUT2D eigenvalue weighted by atomic mass is 32.2. The number of rotatable bonds is 6. The molecule has 2 N–H and O–H groups in total. The summed E-state index contributed by atoms with van der Waals surface area (Å²) < 4.78 is 34.2. The van der Waals surface area contributed by atoms with Crippen LogP contribution in [0.5, 0.6) is 0 Å². The number of fused-ring (bicyclic) bond motifs is 1. The summed E-state index contributed by atoms with van der Waals surface area (Å²) in [5.41, 5.74) is 2.13. The van der Waals surface area contributed by atoms with Crippen LogP contribution in [0.15, 0.2) is 77.7 Å². The lowest BCUT2D eigenvalue weighted by atomic mass is 10.1. The van der Waals surface area contributed by atoms with Crippen molar-refractivity contribution in [3.05, 3.63) is 78.5 Å². The van der Waals surface area contributed by atoms with Gasteiger partial charge >= 0.3 is 0 Å². The van der Waals surface area contributed by atoms with Crippen molar-refractivity contribution < 1.29 is 13.2 Å². The number of benzene rings is 3. The number of hydrogen-bond acceptors (Lipinski definition) is 7.